The van der Waals surface area contributed by atoms with E-state index in [1.807, 2.05) is 39.8 Å². The molecule has 0 fully saturated rings. The Morgan fingerprint density at radius 1 is 1.16 bits per heavy atom. The van der Waals surface area contributed by atoms with Crippen molar-refractivity contribution >= 4 is 12.7 Å². The van der Waals surface area contributed by atoms with Gasteiger partial charge in [-0.05, 0) is 19.4 Å². The largest absolute Gasteiger partial charge is 0.298 e. The van der Waals surface area contributed by atoms with Crippen molar-refractivity contribution in [2.24, 2.45) is 0 Å². The molecule has 0 heterocycles. The molecule has 0 saturated heterocycles. The van der Waals surface area contributed by atoms with Crippen molar-refractivity contribution in [3.63, 3.8) is 0 Å². The molecule has 0 spiro atoms. The van der Waals surface area contributed by atoms with Crippen molar-refractivity contribution in [1.29, 1.82) is 0 Å². The van der Waals surface area contributed by atoms with Gasteiger partial charge in [-0.25, -0.2) is 5.43 Å². The molecule has 0 saturated carbocycles. The standard InChI is InChI=1S/C9H10N2O2.C4H8.C2H6/c12-6-9-3-1-8(2-4-9)5-10-11-7-13;1-4(2)3;1-2/h1-4,6-7,10H,5H2,(H,11,13);1H2,2-3H3;1-2H3. The number of nitrogens with one attached hydrogen (secondary N) is 2. The van der Waals surface area contributed by atoms with Crippen LogP contribution in [0, 0.1) is 0 Å². The molecule has 1 amide bonds. The van der Waals surface area contributed by atoms with E-state index in [2.05, 4.69) is 17.4 Å². The summed E-state index contributed by atoms with van der Waals surface area (Å²) in [4.78, 5) is 20.2. The van der Waals surface area contributed by atoms with Crippen LogP contribution in [-0.4, -0.2) is 12.7 Å². The second kappa shape index (κ2) is 14.1. The summed E-state index contributed by atoms with van der Waals surface area (Å²) in [6.07, 6.45) is 1.36. The van der Waals surface area contributed by atoms with Crippen LogP contribution in [0.25, 0.3) is 0 Å². The quantitative estimate of drug-likeness (QED) is 0.372. The molecule has 4 nitrogen and oxygen atoms in total. The molecule has 1 aromatic rings. The normalized spacial score (nSPS) is 8.00. The first-order valence-corrected chi connectivity index (χ1v) is 6.18. The third-order valence-corrected chi connectivity index (χ3v) is 1.57. The van der Waals surface area contributed by atoms with Crippen LogP contribution in [0.15, 0.2) is 36.4 Å². The highest BCUT2D eigenvalue weighted by Gasteiger charge is 1.92. The van der Waals surface area contributed by atoms with Crippen LogP contribution in [0.5, 0.6) is 0 Å². The zero-order chi connectivity index (χ0) is 15.1. The first-order chi connectivity index (χ1) is 9.10. The predicted octanol–water partition coefficient (Wildman–Crippen LogP) is 2.86. The van der Waals surface area contributed by atoms with Crippen LogP contribution in [0.2, 0.25) is 0 Å². The van der Waals surface area contributed by atoms with Gasteiger partial charge in [0.15, 0.2) is 0 Å². The molecule has 0 aromatic heterocycles. The van der Waals surface area contributed by atoms with Crippen molar-refractivity contribution in [2.45, 2.75) is 34.2 Å². The number of amides is 1. The molecule has 0 aliphatic carbocycles. The van der Waals surface area contributed by atoms with E-state index in [-0.39, 0.29) is 0 Å². The average Bonchev–Trinajstić information content (AvgIpc) is 2.41. The Bertz CT molecular complexity index is 355. The number of rotatable bonds is 5. The van der Waals surface area contributed by atoms with Gasteiger partial charge in [0.2, 0.25) is 6.41 Å². The van der Waals surface area contributed by atoms with Gasteiger partial charge in [-0.1, -0.05) is 43.7 Å². The number of carbonyl (C=O) groups is 2. The van der Waals surface area contributed by atoms with Crippen LogP contribution in [0.4, 0.5) is 0 Å². The van der Waals surface area contributed by atoms with Crippen LogP contribution in [0.3, 0.4) is 0 Å². The minimum absolute atomic E-state index is 0.540. The molecule has 4 heteroatoms. The highest BCUT2D eigenvalue weighted by Crippen LogP contribution is 2.01. The molecule has 0 unspecified atom stereocenters. The highest BCUT2D eigenvalue weighted by atomic mass is 16.1. The Kier molecular flexibility index (Phi) is 14.4. The Hall–Kier alpha value is -1.94. The van der Waals surface area contributed by atoms with Gasteiger partial charge < -0.3 is 0 Å². The maximum atomic E-state index is 10.3. The van der Waals surface area contributed by atoms with Gasteiger partial charge in [-0.15, -0.1) is 6.58 Å². The van der Waals surface area contributed by atoms with Crippen LogP contribution < -0.4 is 10.9 Å². The SMILES string of the molecule is C=C(C)C.CC.O=CNNCc1ccc(C=O)cc1. The fraction of sp³-hybridized carbons (Fsp3) is 0.333. The Labute approximate surface area is 115 Å². The fourth-order valence-electron chi connectivity index (χ4n) is 0.909. The molecule has 0 radical (unpaired) electrons. The predicted molar refractivity (Wildman–Crippen MR) is 79.7 cm³/mol. The number of carbonyl (C=O) groups excluding carboxylic acids is 2. The maximum Gasteiger partial charge on any atom is 0.221 e. The summed E-state index contributed by atoms with van der Waals surface area (Å²) in [6, 6.07) is 7.10. The van der Waals surface area contributed by atoms with E-state index in [0.717, 1.165) is 11.8 Å². The zero-order valence-corrected chi connectivity index (χ0v) is 12.2. The second-order valence-electron chi connectivity index (χ2n) is 3.68. The lowest BCUT2D eigenvalue weighted by Gasteiger charge is -2.01. The van der Waals surface area contributed by atoms with Crippen molar-refractivity contribution in [1.82, 2.24) is 10.9 Å². The molecule has 0 aliphatic rings. The first-order valence-electron chi connectivity index (χ1n) is 6.18. The van der Waals surface area contributed by atoms with Crippen LogP contribution >= 0.6 is 0 Å². The van der Waals surface area contributed by atoms with Gasteiger partial charge in [0.1, 0.15) is 6.29 Å². The van der Waals surface area contributed by atoms with E-state index in [1.54, 1.807) is 12.1 Å². The van der Waals surface area contributed by atoms with Gasteiger partial charge in [0.05, 0.1) is 0 Å². The van der Waals surface area contributed by atoms with Gasteiger partial charge in [-0.2, -0.15) is 0 Å². The van der Waals surface area contributed by atoms with E-state index in [1.165, 1.54) is 5.57 Å². The first kappa shape index (κ1) is 19.4. The van der Waals surface area contributed by atoms with E-state index in [0.29, 0.717) is 18.5 Å². The summed E-state index contributed by atoms with van der Waals surface area (Å²) in [7, 11) is 0. The molecule has 106 valence electrons. The molecular formula is C15H24N2O2. The number of allylic oxidation sites excluding steroid dienone is 1. The minimum atomic E-state index is 0.540. The van der Waals surface area contributed by atoms with Crippen molar-refractivity contribution in [3.8, 4) is 0 Å². The lowest BCUT2D eigenvalue weighted by molar-refractivity contribution is -0.110. The zero-order valence-electron chi connectivity index (χ0n) is 12.2. The topological polar surface area (TPSA) is 58.2 Å². The maximum absolute atomic E-state index is 10.3. The van der Waals surface area contributed by atoms with Gasteiger partial charge in [0, 0.05) is 12.1 Å². The Balaban J connectivity index is 0. The van der Waals surface area contributed by atoms with Gasteiger partial charge in [-0.3, -0.25) is 15.0 Å². The summed E-state index contributed by atoms with van der Waals surface area (Å²) in [5.41, 5.74) is 7.82. The summed E-state index contributed by atoms with van der Waals surface area (Å²) in [5, 5.41) is 0. The number of hydrogen-bond donors (Lipinski definition) is 2. The Morgan fingerprint density at radius 2 is 1.63 bits per heavy atom. The number of benzene rings is 1. The molecule has 0 atom stereocenters. The van der Waals surface area contributed by atoms with E-state index in [4.69, 9.17) is 0 Å². The van der Waals surface area contributed by atoms with Crippen LogP contribution in [0.1, 0.15) is 43.6 Å². The van der Waals surface area contributed by atoms with Crippen molar-refractivity contribution < 1.29 is 9.59 Å². The van der Waals surface area contributed by atoms with Crippen LogP contribution in [-0.2, 0) is 11.3 Å². The molecule has 1 aromatic carbocycles. The van der Waals surface area contributed by atoms with E-state index >= 15 is 0 Å². The van der Waals surface area contributed by atoms with Gasteiger partial charge in [0.25, 0.3) is 0 Å². The summed E-state index contributed by atoms with van der Waals surface area (Å²) >= 11 is 0. The third-order valence-electron chi connectivity index (χ3n) is 1.57. The number of hydrazine groups is 1. The smallest absolute Gasteiger partial charge is 0.221 e. The molecular weight excluding hydrogens is 240 g/mol. The fourth-order valence-corrected chi connectivity index (χ4v) is 0.909. The van der Waals surface area contributed by atoms with Crippen molar-refractivity contribution in [2.75, 3.05) is 0 Å². The van der Waals surface area contributed by atoms with E-state index in [9.17, 15) is 9.59 Å². The molecule has 0 bridgehead atoms. The minimum Gasteiger partial charge on any atom is -0.298 e. The summed E-state index contributed by atoms with van der Waals surface area (Å²) in [5.74, 6) is 0. The molecule has 0 aliphatic heterocycles. The monoisotopic (exact) mass is 264 g/mol. The third kappa shape index (κ3) is 14.0. The van der Waals surface area contributed by atoms with Gasteiger partial charge >= 0.3 is 0 Å². The van der Waals surface area contributed by atoms with E-state index < -0.39 is 0 Å². The number of hydrogen-bond acceptors (Lipinski definition) is 3. The van der Waals surface area contributed by atoms with Crippen molar-refractivity contribution in [3.05, 3.63) is 47.5 Å². The average molecular weight is 264 g/mol. The molecule has 19 heavy (non-hydrogen) atoms. The second-order valence-corrected chi connectivity index (χ2v) is 3.68. The lowest BCUT2D eigenvalue weighted by Crippen LogP contribution is -2.29. The Morgan fingerprint density at radius 3 is 2.00 bits per heavy atom. The molecule has 2 N–H and O–H groups in total. The summed E-state index contributed by atoms with van der Waals surface area (Å²) in [6.45, 7) is 12.0. The molecule has 1 rings (SSSR count). The summed E-state index contributed by atoms with van der Waals surface area (Å²) < 4.78 is 0. The lowest BCUT2D eigenvalue weighted by atomic mass is 10.1. The number of aldehydes is 1. The highest BCUT2D eigenvalue weighted by molar-refractivity contribution is 5.74.